The van der Waals surface area contributed by atoms with Crippen molar-refractivity contribution >= 4 is 17.3 Å². The Morgan fingerprint density at radius 2 is 2.00 bits per heavy atom. The highest BCUT2D eigenvalue weighted by atomic mass is 19.1. The standard InChI is InChI=1S/C16H16FN3O/c1-11-9-16(21)20(12(2)18-11)13-5-6-15(14(17)10-13)19-7-3-4-8-19/h3-8,10,12H,9H2,1-2H3. The van der Waals surface area contributed by atoms with Gasteiger partial charge in [-0.3, -0.25) is 14.7 Å². The Balaban J connectivity index is 1.97. The number of hydrogen-bond donors (Lipinski definition) is 0. The van der Waals surface area contributed by atoms with Gasteiger partial charge in [0.25, 0.3) is 0 Å². The normalized spacial score (nSPS) is 18.8. The summed E-state index contributed by atoms with van der Waals surface area (Å²) < 4.78 is 16.0. The van der Waals surface area contributed by atoms with Crippen molar-refractivity contribution in [2.75, 3.05) is 4.90 Å². The van der Waals surface area contributed by atoms with Crippen molar-refractivity contribution in [3.05, 3.63) is 48.5 Å². The summed E-state index contributed by atoms with van der Waals surface area (Å²) in [6.07, 6.45) is 3.54. The maximum Gasteiger partial charge on any atom is 0.234 e. The fraction of sp³-hybridized carbons (Fsp3) is 0.250. The molecule has 0 radical (unpaired) electrons. The van der Waals surface area contributed by atoms with Crippen LogP contribution in [0, 0.1) is 5.82 Å². The fourth-order valence-electron chi connectivity index (χ4n) is 2.64. The van der Waals surface area contributed by atoms with E-state index in [1.807, 2.05) is 26.0 Å². The molecule has 1 amide bonds. The molecule has 2 heterocycles. The minimum Gasteiger partial charge on any atom is -0.321 e. The second-order valence-electron chi connectivity index (χ2n) is 5.16. The molecule has 1 aromatic heterocycles. The topological polar surface area (TPSA) is 37.6 Å². The summed E-state index contributed by atoms with van der Waals surface area (Å²) >= 11 is 0. The average Bonchev–Trinajstić information content (AvgIpc) is 2.91. The molecule has 21 heavy (non-hydrogen) atoms. The van der Waals surface area contributed by atoms with Crippen LogP contribution < -0.4 is 4.90 Å². The molecule has 0 spiro atoms. The molecule has 0 N–H and O–H groups in total. The van der Waals surface area contributed by atoms with Gasteiger partial charge in [0.2, 0.25) is 5.91 Å². The molecule has 0 fully saturated rings. The van der Waals surface area contributed by atoms with Gasteiger partial charge in [0, 0.05) is 23.8 Å². The van der Waals surface area contributed by atoms with Crippen LogP contribution in [0.3, 0.4) is 0 Å². The lowest BCUT2D eigenvalue weighted by molar-refractivity contribution is -0.118. The van der Waals surface area contributed by atoms with Crippen LogP contribution in [0.4, 0.5) is 10.1 Å². The summed E-state index contributed by atoms with van der Waals surface area (Å²) in [6.45, 7) is 3.67. The third-order valence-electron chi connectivity index (χ3n) is 3.55. The first-order valence-corrected chi connectivity index (χ1v) is 6.84. The number of anilines is 1. The average molecular weight is 285 g/mol. The van der Waals surface area contributed by atoms with Crippen molar-refractivity contribution < 1.29 is 9.18 Å². The van der Waals surface area contributed by atoms with Crippen molar-refractivity contribution in [1.29, 1.82) is 0 Å². The molecule has 0 saturated heterocycles. The first-order valence-electron chi connectivity index (χ1n) is 6.84. The van der Waals surface area contributed by atoms with Gasteiger partial charge in [0.05, 0.1) is 12.1 Å². The van der Waals surface area contributed by atoms with E-state index in [0.717, 1.165) is 5.71 Å². The third kappa shape index (κ3) is 2.46. The van der Waals surface area contributed by atoms with Gasteiger partial charge in [-0.2, -0.15) is 0 Å². The molecule has 0 aliphatic carbocycles. The van der Waals surface area contributed by atoms with Crippen molar-refractivity contribution in [1.82, 2.24) is 4.57 Å². The number of nitrogens with zero attached hydrogens (tertiary/aromatic N) is 3. The summed E-state index contributed by atoms with van der Waals surface area (Å²) in [5.41, 5.74) is 1.81. The Kier molecular flexibility index (Phi) is 3.33. The van der Waals surface area contributed by atoms with Crippen molar-refractivity contribution in [2.24, 2.45) is 4.99 Å². The SMILES string of the molecule is CC1=NC(C)N(c2ccc(-n3cccc3)c(F)c2)C(=O)C1. The lowest BCUT2D eigenvalue weighted by Crippen LogP contribution is -2.42. The van der Waals surface area contributed by atoms with E-state index >= 15 is 0 Å². The second kappa shape index (κ2) is 5.16. The number of carbonyl (C=O) groups excluding carboxylic acids is 1. The van der Waals surface area contributed by atoms with Gasteiger partial charge in [-0.05, 0) is 44.2 Å². The van der Waals surface area contributed by atoms with E-state index in [1.54, 1.807) is 29.1 Å². The van der Waals surface area contributed by atoms with E-state index in [1.165, 1.54) is 11.0 Å². The highest BCUT2D eigenvalue weighted by Gasteiger charge is 2.26. The van der Waals surface area contributed by atoms with Crippen LogP contribution in [0.15, 0.2) is 47.7 Å². The van der Waals surface area contributed by atoms with Gasteiger partial charge in [0.1, 0.15) is 12.0 Å². The van der Waals surface area contributed by atoms with Gasteiger partial charge in [-0.25, -0.2) is 4.39 Å². The monoisotopic (exact) mass is 285 g/mol. The van der Waals surface area contributed by atoms with Gasteiger partial charge in [0.15, 0.2) is 0 Å². The van der Waals surface area contributed by atoms with Crippen molar-refractivity contribution in [2.45, 2.75) is 26.4 Å². The molecule has 4 nitrogen and oxygen atoms in total. The summed E-state index contributed by atoms with van der Waals surface area (Å²) in [7, 11) is 0. The van der Waals surface area contributed by atoms with E-state index in [4.69, 9.17) is 0 Å². The molecule has 0 bridgehead atoms. The zero-order valence-electron chi connectivity index (χ0n) is 12.0. The highest BCUT2D eigenvalue weighted by Crippen LogP contribution is 2.26. The van der Waals surface area contributed by atoms with Gasteiger partial charge < -0.3 is 4.57 Å². The molecule has 3 rings (SSSR count). The summed E-state index contributed by atoms with van der Waals surface area (Å²) in [4.78, 5) is 18.1. The number of amides is 1. The minimum absolute atomic E-state index is 0.0527. The molecular formula is C16H16FN3O. The lowest BCUT2D eigenvalue weighted by atomic mass is 10.1. The quantitative estimate of drug-likeness (QED) is 0.835. The van der Waals surface area contributed by atoms with Gasteiger partial charge in [-0.15, -0.1) is 0 Å². The van der Waals surface area contributed by atoms with E-state index < -0.39 is 0 Å². The number of hydrogen-bond acceptors (Lipinski definition) is 2. The van der Waals surface area contributed by atoms with Crippen LogP contribution in [0.1, 0.15) is 20.3 Å². The molecule has 1 unspecified atom stereocenters. The number of aliphatic imine (C=N–C) groups is 1. The van der Waals surface area contributed by atoms with Crippen molar-refractivity contribution in [3.63, 3.8) is 0 Å². The van der Waals surface area contributed by atoms with Crippen LogP contribution in [0.25, 0.3) is 5.69 Å². The molecule has 1 aromatic carbocycles. The van der Waals surface area contributed by atoms with Crippen LogP contribution >= 0.6 is 0 Å². The Hall–Kier alpha value is -2.43. The molecule has 5 heteroatoms. The van der Waals surface area contributed by atoms with Crippen LogP contribution in [-0.4, -0.2) is 22.4 Å². The van der Waals surface area contributed by atoms with E-state index in [-0.39, 0.29) is 24.3 Å². The maximum absolute atomic E-state index is 14.3. The fourth-order valence-corrected chi connectivity index (χ4v) is 2.64. The molecule has 1 aliphatic heterocycles. The predicted molar refractivity (Wildman–Crippen MR) is 80.4 cm³/mol. The largest absolute Gasteiger partial charge is 0.321 e. The summed E-state index contributed by atoms with van der Waals surface area (Å²) in [5.74, 6) is -0.418. The van der Waals surface area contributed by atoms with Gasteiger partial charge in [-0.1, -0.05) is 0 Å². The highest BCUT2D eigenvalue weighted by molar-refractivity contribution is 6.09. The smallest absolute Gasteiger partial charge is 0.234 e. The number of aromatic nitrogens is 1. The number of rotatable bonds is 2. The lowest BCUT2D eigenvalue weighted by Gasteiger charge is -2.31. The van der Waals surface area contributed by atoms with Crippen LogP contribution in [-0.2, 0) is 4.79 Å². The Morgan fingerprint density at radius 3 is 2.62 bits per heavy atom. The minimum atomic E-state index is -0.366. The zero-order valence-corrected chi connectivity index (χ0v) is 12.0. The molecule has 2 aromatic rings. The molecule has 108 valence electrons. The number of carbonyl (C=O) groups is 1. The Morgan fingerprint density at radius 1 is 1.29 bits per heavy atom. The number of halogens is 1. The van der Waals surface area contributed by atoms with E-state index in [9.17, 15) is 9.18 Å². The number of benzene rings is 1. The third-order valence-corrected chi connectivity index (χ3v) is 3.55. The van der Waals surface area contributed by atoms with Crippen LogP contribution in [0.5, 0.6) is 0 Å². The Bertz CT molecular complexity index is 706. The first kappa shape index (κ1) is 13.5. The van der Waals surface area contributed by atoms with E-state index in [2.05, 4.69) is 4.99 Å². The Labute approximate surface area is 122 Å². The molecular weight excluding hydrogens is 269 g/mol. The molecule has 0 saturated carbocycles. The van der Waals surface area contributed by atoms with Crippen LogP contribution in [0.2, 0.25) is 0 Å². The summed E-state index contributed by atoms with van der Waals surface area (Å²) in [6, 6.07) is 8.49. The summed E-state index contributed by atoms with van der Waals surface area (Å²) in [5, 5.41) is 0. The van der Waals surface area contributed by atoms with E-state index in [0.29, 0.717) is 11.4 Å². The first-order chi connectivity index (χ1) is 10.1. The second-order valence-corrected chi connectivity index (χ2v) is 5.16. The van der Waals surface area contributed by atoms with Gasteiger partial charge >= 0.3 is 0 Å². The van der Waals surface area contributed by atoms with Crippen molar-refractivity contribution in [3.8, 4) is 5.69 Å². The molecule has 1 atom stereocenters. The molecule has 1 aliphatic rings. The zero-order chi connectivity index (χ0) is 15.0. The maximum atomic E-state index is 14.3. The predicted octanol–water partition coefficient (Wildman–Crippen LogP) is 3.16.